The van der Waals surface area contributed by atoms with Crippen molar-refractivity contribution < 1.29 is 0 Å². The van der Waals surface area contributed by atoms with Crippen molar-refractivity contribution in [1.82, 2.24) is 5.32 Å². The summed E-state index contributed by atoms with van der Waals surface area (Å²) >= 11 is 1.82. The van der Waals surface area contributed by atoms with E-state index in [1.165, 1.54) is 29.7 Å². The smallest absolute Gasteiger partial charge is 0.0388 e. The fraction of sp³-hybridized carbons (Fsp3) is 0.375. The molecule has 0 fully saturated rings. The second kappa shape index (κ2) is 5.25. The van der Waals surface area contributed by atoms with E-state index in [9.17, 15) is 0 Å². The minimum atomic E-state index is 0.443. The predicted octanol–water partition coefficient (Wildman–Crippen LogP) is 4.09. The molecule has 0 bridgehead atoms. The van der Waals surface area contributed by atoms with Crippen LogP contribution < -0.4 is 5.32 Å². The van der Waals surface area contributed by atoms with Crippen LogP contribution in [0.3, 0.4) is 0 Å². The summed E-state index contributed by atoms with van der Waals surface area (Å²) in [6, 6.07) is 11.7. The summed E-state index contributed by atoms with van der Waals surface area (Å²) in [4.78, 5) is 1.41. The Bertz CT molecular complexity index is 516. The maximum absolute atomic E-state index is 3.60. The summed E-state index contributed by atoms with van der Waals surface area (Å²) in [6.45, 7) is 3.20. The summed E-state index contributed by atoms with van der Waals surface area (Å²) in [5.41, 5.74) is 4.54. The van der Waals surface area contributed by atoms with E-state index in [1.54, 1.807) is 11.1 Å². The largest absolute Gasteiger partial charge is 0.305 e. The van der Waals surface area contributed by atoms with Crippen LogP contribution in [0, 0.1) is 0 Å². The highest BCUT2D eigenvalue weighted by atomic mass is 32.1. The molecule has 1 nitrogen and oxygen atoms in total. The third kappa shape index (κ3) is 2.50. The second-order valence-corrected chi connectivity index (χ2v) is 6.05. The number of rotatable bonds is 4. The van der Waals surface area contributed by atoms with Gasteiger partial charge in [0.25, 0.3) is 0 Å². The lowest BCUT2D eigenvalue weighted by molar-refractivity contribution is 0.582. The average molecular weight is 257 g/mol. The van der Waals surface area contributed by atoms with Crippen LogP contribution in [0.25, 0.3) is 0 Å². The number of aryl methyl sites for hydroxylation is 2. The average Bonchev–Trinajstić information content (AvgIpc) is 3.05. The topological polar surface area (TPSA) is 12.0 Å². The van der Waals surface area contributed by atoms with E-state index in [1.807, 2.05) is 11.3 Å². The van der Waals surface area contributed by atoms with Gasteiger partial charge in [-0.05, 0) is 54.3 Å². The first-order chi connectivity index (χ1) is 8.83. The third-order valence-electron chi connectivity index (χ3n) is 3.75. The van der Waals surface area contributed by atoms with Gasteiger partial charge in [-0.1, -0.05) is 24.3 Å². The minimum Gasteiger partial charge on any atom is -0.305 e. The van der Waals surface area contributed by atoms with Gasteiger partial charge in [-0.15, -0.1) is 11.3 Å². The van der Waals surface area contributed by atoms with Gasteiger partial charge in [0, 0.05) is 17.5 Å². The van der Waals surface area contributed by atoms with Crippen molar-refractivity contribution in [2.75, 3.05) is 0 Å². The van der Waals surface area contributed by atoms with Gasteiger partial charge in [0.05, 0.1) is 0 Å². The lowest BCUT2D eigenvalue weighted by Gasteiger charge is -2.12. The molecule has 0 aliphatic heterocycles. The number of benzene rings is 1. The molecule has 1 atom stereocenters. The number of hydrogen-bond donors (Lipinski definition) is 1. The normalized spacial score (nSPS) is 15.6. The van der Waals surface area contributed by atoms with Crippen molar-refractivity contribution in [3.05, 3.63) is 57.3 Å². The van der Waals surface area contributed by atoms with E-state index in [-0.39, 0.29) is 0 Å². The van der Waals surface area contributed by atoms with Crippen LogP contribution in [0.4, 0.5) is 0 Å². The fourth-order valence-electron chi connectivity index (χ4n) is 2.64. The molecular weight excluding hydrogens is 238 g/mol. The maximum atomic E-state index is 3.60. The molecule has 2 aromatic rings. The van der Waals surface area contributed by atoms with Crippen LogP contribution in [-0.4, -0.2) is 0 Å². The summed E-state index contributed by atoms with van der Waals surface area (Å²) in [5.74, 6) is 0. The Hall–Kier alpha value is -1.12. The number of fused-ring (bicyclic) bond motifs is 1. The maximum Gasteiger partial charge on any atom is 0.0388 e. The first-order valence-corrected chi connectivity index (χ1v) is 7.58. The van der Waals surface area contributed by atoms with Crippen LogP contribution in [0.15, 0.2) is 35.7 Å². The van der Waals surface area contributed by atoms with Gasteiger partial charge in [-0.2, -0.15) is 0 Å². The molecule has 0 radical (unpaired) electrons. The first kappa shape index (κ1) is 11.9. The monoisotopic (exact) mass is 257 g/mol. The summed E-state index contributed by atoms with van der Waals surface area (Å²) < 4.78 is 0. The highest BCUT2D eigenvalue weighted by Crippen LogP contribution is 2.23. The molecule has 0 amide bonds. The van der Waals surface area contributed by atoms with E-state index >= 15 is 0 Å². The minimum absolute atomic E-state index is 0.443. The highest BCUT2D eigenvalue weighted by Gasteiger charge is 2.11. The lowest BCUT2D eigenvalue weighted by atomic mass is 10.1. The Morgan fingerprint density at radius 2 is 2.11 bits per heavy atom. The molecule has 0 saturated heterocycles. The fourth-order valence-corrected chi connectivity index (χ4v) is 3.40. The van der Waals surface area contributed by atoms with E-state index in [4.69, 9.17) is 0 Å². The summed E-state index contributed by atoms with van der Waals surface area (Å²) in [5, 5.41) is 5.74. The third-order valence-corrected chi connectivity index (χ3v) is 4.80. The molecule has 1 N–H and O–H groups in total. The van der Waals surface area contributed by atoms with Crippen molar-refractivity contribution in [2.45, 2.75) is 38.8 Å². The van der Waals surface area contributed by atoms with Crippen LogP contribution in [0.5, 0.6) is 0 Å². The van der Waals surface area contributed by atoms with Gasteiger partial charge >= 0.3 is 0 Å². The Kier molecular flexibility index (Phi) is 3.48. The predicted molar refractivity (Wildman–Crippen MR) is 78.0 cm³/mol. The lowest BCUT2D eigenvalue weighted by Crippen LogP contribution is -2.17. The Morgan fingerprint density at radius 1 is 1.22 bits per heavy atom. The molecular formula is C16H19NS. The van der Waals surface area contributed by atoms with E-state index < -0.39 is 0 Å². The molecule has 18 heavy (non-hydrogen) atoms. The summed E-state index contributed by atoms with van der Waals surface area (Å²) in [6.07, 6.45) is 3.87. The molecule has 0 spiro atoms. The SMILES string of the molecule is C[C@H](NCc1ccc2c(c1)CCC2)c1cccs1. The molecule has 3 rings (SSSR count). The van der Waals surface area contributed by atoms with Gasteiger partial charge < -0.3 is 5.32 Å². The molecule has 0 unspecified atom stereocenters. The van der Waals surface area contributed by atoms with Crippen molar-refractivity contribution in [3.8, 4) is 0 Å². The quantitative estimate of drug-likeness (QED) is 0.870. The molecule has 1 aromatic carbocycles. The second-order valence-electron chi connectivity index (χ2n) is 5.07. The van der Waals surface area contributed by atoms with Crippen LogP contribution in [-0.2, 0) is 19.4 Å². The Morgan fingerprint density at radius 3 is 2.94 bits per heavy atom. The van der Waals surface area contributed by atoms with Gasteiger partial charge in [0.1, 0.15) is 0 Å². The Balaban J connectivity index is 1.63. The van der Waals surface area contributed by atoms with Gasteiger partial charge in [0.2, 0.25) is 0 Å². The highest BCUT2D eigenvalue weighted by molar-refractivity contribution is 7.10. The summed E-state index contributed by atoms with van der Waals surface area (Å²) in [7, 11) is 0. The number of hydrogen-bond acceptors (Lipinski definition) is 2. The van der Waals surface area contributed by atoms with E-state index in [2.05, 4.69) is 48.0 Å². The van der Waals surface area contributed by atoms with Crippen LogP contribution in [0.1, 0.15) is 41.0 Å². The van der Waals surface area contributed by atoms with Crippen molar-refractivity contribution >= 4 is 11.3 Å². The zero-order chi connectivity index (χ0) is 12.4. The van der Waals surface area contributed by atoms with E-state index in [0.29, 0.717) is 6.04 Å². The Labute approximate surface area is 113 Å². The molecule has 1 aliphatic rings. The number of nitrogens with one attached hydrogen (secondary N) is 1. The number of thiophene rings is 1. The molecule has 94 valence electrons. The molecule has 1 heterocycles. The molecule has 0 saturated carbocycles. The standard InChI is InChI=1S/C16H19NS/c1-12(16-6-3-9-18-16)17-11-13-7-8-14-4-2-5-15(14)10-13/h3,6-10,12,17H,2,4-5,11H2,1H3/t12-/m0/s1. The van der Waals surface area contributed by atoms with Gasteiger partial charge in [0.15, 0.2) is 0 Å². The zero-order valence-electron chi connectivity index (χ0n) is 10.8. The van der Waals surface area contributed by atoms with Crippen molar-refractivity contribution in [2.24, 2.45) is 0 Å². The van der Waals surface area contributed by atoms with Crippen molar-refractivity contribution in [1.29, 1.82) is 0 Å². The van der Waals surface area contributed by atoms with Gasteiger partial charge in [-0.3, -0.25) is 0 Å². The molecule has 1 aromatic heterocycles. The van der Waals surface area contributed by atoms with E-state index in [0.717, 1.165) is 6.54 Å². The molecule has 1 aliphatic carbocycles. The molecule has 2 heteroatoms. The van der Waals surface area contributed by atoms with Crippen molar-refractivity contribution in [3.63, 3.8) is 0 Å². The first-order valence-electron chi connectivity index (χ1n) is 6.70. The zero-order valence-corrected chi connectivity index (χ0v) is 11.6. The van der Waals surface area contributed by atoms with Gasteiger partial charge in [-0.25, -0.2) is 0 Å². The van der Waals surface area contributed by atoms with Crippen LogP contribution in [0.2, 0.25) is 0 Å². The van der Waals surface area contributed by atoms with Crippen LogP contribution >= 0.6 is 11.3 Å².